The van der Waals surface area contributed by atoms with Crippen LogP contribution in [0.3, 0.4) is 0 Å². The molecule has 2 fully saturated rings. The molecule has 1 aliphatic carbocycles. The first-order chi connectivity index (χ1) is 17.7. The van der Waals surface area contributed by atoms with E-state index in [1.54, 1.807) is 22.6 Å². The minimum absolute atomic E-state index is 0.0247. The number of fused-ring (bicyclic) bond motifs is 5. The van der Waals surface area contributed by atoms with Gasteiger partial charge in [0.05, 0.1) is 28.5 Å². The van der Waals surface area contributed by atoms with Crippen molar-refractivity contribution in [2.75, 3.05) is 36.5 Å². The van der Waals surface area contributed by atoms with E-state index >= 15 is 0 Å². The summed E-state index contributed by atoms with van der Waals surface area (Å²) in [6, 6.07) is 4.72. The lowest BCUT2D eigenvalue weighted by molar-refractivity contribution is -0.128. The minimum atomic E-state index is -0.705. The molecule has 1 saturated carbocycles. The standard InChI is InChI=1S/C26H23ClFN5O4/c1-3-19(35)31-9-10-32-17(12-31)25(36)30(2)23-22(32)14-11-15(27)21(20-16(28)5-4-6-18(20)34)29-24(14)33(26(23)37)13-7-8-13/h3-6,11,13,17,34H,1,7-10,12H2,2H3/t17-/m1/s1. The first kappa shape index (κ1) is 23.5. The molecule has 6 rings (SSSR count). The van der Waals surface area contributed by atoms with Crippen molar-refractivity contribution in [2.24, 2.45) is 0 Å². The van der Waals surface area contributed by atoms with Crippen LogP contribution in [0, 0.1) is 5.82 Å². The number of aromatic nitrogens is 2. The van der Waals surface area contributed by atoms with E-state index in [4.69, 9.17) is 11.6 Å². The molecular formula is C26H23ClFN5O4. The molecule has 1 saturated heterocycles. The van der Waals surface area contributed by atoms with Gasteiger partial charge in [-0.1, -0.05) is 24.2 Å². The number of hydrogen-bond acceptors (Lipinski definition) is 6. The molecule has 0 spiro atoms. The van der Waals surface area contributed by atoms with Crippen molar-refractivity contribution in [3.8, 4) is 17.0 Å². The minimum Gasteiger partial charge on any atom is -0.507 e. The van der Waals surface area contributed by atoms with Crippen molar-refractivity contribution < 1.29 is 19.1 Å². The highest BCUT2D eigenvalue weighted by Crippen LogP contribution is 2.46. The van der Waals surface area contributed by atoms with Gasteiger partial charge in [0.1, 0.15) is 28.9 Å². The zero-order chi connectivity index (χ0) is 26.2. The van der Waals surface area contributed by atoms with Gasteiger partial charge in [0.2, 0.25) is 5.91 Å². The molecule has 1 atom stereocenters. The van der Waals surface area contributed by atoms with Gasteiger partial charge >= 0.3 is 0 Å². The molecular weight excluding hydrogens is 501 g/mol. The van der Waals surface area contributed by atoms with Gasteiger partial charge in [-0.25, -0.2) is 9.37 Å². The quantitative estimate of drug-likeness (QED) is 0.530. The average molecular weight is 524 g/mol. The van der Waals surface area contributed by atoms with Crippen molar-refractivity contribution in [1.82, 2.24) is 14.5 Å². The van der Waals surface area contributed by atoms with Gasteiger partial charge in [0.25, 0.3) is 11.5 Å². The second kappa shape index (κ2) is 8.31. The second-order valence-electron chi connectivity index (χ2n) is 9.52. The van der Waals surface area contributed by atoms with Gasteiger partial charge in [-0.15, -0.1) is 0 Å². The molecule has 0 radical (unpaired) electrons. The van der Waals surface area contributed by atoms with E-state index in [9.17, 15) is 23.9 Å². The summed E-state index contributed by atoms with van der Waals surface area (Å²) in [5, 5.41) is 11.0. The Morgan fingerprint density at radius 3 is 2.68 bits per heavy atom. The van der Waals surface area contributed by atoms with Crippen molar-refractivity contribution in [2.45, 2.75) is 24.9 Å². The lowest BCUT2D eigenvalue weighted by atomic mass is 10.0. The van der Waals surface area contributed by atoms with E-state index in [0.717, 1.165) is 12.8 Å². The van der Waals surface area contributed by atoms with E-state index in [-0.39, 0.29) is 57.7 Å². The third-order valence-electron chi connectivity index (χ3n) is 7.33. The molecule has 2 aliphatic heterocycles. The van der Waals surface area contributed by atoms with Crippen molar-refractivity contribution in [3.63, 3.8) is 0 Å². The van der Waals surface area contributed by atoms with E-state index in [1.165, 1.54) is 29.2 Å². The smallest absolute Gasteiger partial charge is 0.278 e. The highest BCUT2D eigenvalue weighted by molar-refractivity contribution is 6.34. The Labute approximate surface area is 216 Å². The molecule has 11 heteroatoms. The van der Waals surface area contributed by atoms with Gasteiger partial charge in [-0.2, -0.15) is 0 Å². The zero-order valence-electron chi connectivity index (χ0n) is 19.9. The van der Waals surface area contributed by atoms with Gasteiger partial charge in [-0.3, -0.25) is 19.0 Å². The molecule has 9 nitrogen and oxygen atoms in total. The monoisotopic (exact) mass is 523 g/mol. The Kier molecular flexibility index (Phi) is 5.27. The second-order valence-corrected chi connectivity index (χ2v) is 9.93. The van der Waals surface area contributed by atoms with Crippen LogP contribution in [0.25, 0.3) is 22.3 Å². The molecule has 2 amide bonds. The summed E-state index contributed by atoms with van der Waals surface area (Å²) in [6.07, 6.45) is 2.75. The van der Waals surface area contributed by atoms with Crippen LogP contribution >= 0.6 is 11.6 Å². The molecule has 1 aromatic carbocycles. The number of amides is 2. The van der Waals surface area contributed by atoms with Crippen LogP contribution in [0.1, 0.15) is 18.9 Å². The molecule has 1 N–H and O–H groups in total. The SMILES string of the molecule is C=CC(=O)N1CCN2c3c(c(=O)n(C4CC4)c4nc(-c5c(O)cccc5F)c(Cl)cc34)N(C)C(=O)[C@H]2C1. The lowest BCUT2D eigenvalue weighted by Gasteiger charge is -2.47. The van der Waals surface area contributed by atoms with Crippen molar-refractivity contribution in [1.29, 1.82) is 0 Å². The van der Waals surface area contributed by atoms with Crippen LogP contribution < -0.4 is 15.4 Å². The number of nitrogens with zero attached hydrogens (tertiary/aromatic N) is 5. The van der Waals surface area contributed by atoms with E-state index in [2.05, 4.69) is 11.6 Å². The Balaban J connectivity index is 1.63. The maximum atomic E-state index is 14.8. The highest BCUT2D eigenvalue weighted by atomic mass is 35.5. The van der Waals surface area contributed by atoms with Crippen molar-refractivity contribution >= 4 is 45.8 Å². The molecule has 4 heterocycles. The zero-order valence-corrected chi connectivity index (χ0v) is 20.7. The number of rotatable bonds is 3. The van der Waals surface area contributed by atoms with Gasteiger partial charge in [-0.05, 0) is 37.1 Å². The predicted molar refractivity (Wildman–Crippen MR) is 138 cm³/mol. The average Bonchev–Trinajstić information content (AvgIpc) is 3.71. The molecule has 37 heavy (non-hydrogen) atoms. The lowest BCUT2D eigenvalue weighted by Crippen LogP contribution is -2.63. The Morgan fingerprint density at radius 1 is 1.24 bits per heavy atom. The van der Waals surface area contributed by atoms with Crippen LogP contribution in [-0.4, -0.2) is 64.1 Å². The van der Waals surface area contributed by atoms with Gasteiger partial charge in [0.15, 0.2) is 0 Å². The maximum absolute atomic E-state index is 14.8. The van der Waals surface area contributed by atoms with Crippen molar-refractivity contribution in [3.05, 3.63) is 58.1 Å². The number of anilines is 2. The summed E-state index contributed by atoms with van der Waals surface area (Å²) in [7, 11) is 1.55. The fourth-order valence-electron chi connectivity index (χ4n) is 5.39. The van der Waals surface area contributed by atoms with E-state index in [1.807, 2.05) is 4.90 Å². The third-order valence-corrected chi connectivity index (χ3v) is 7.62. The number of benzene rings is 1. The number of phenolic OH excluding ortho intramolecular Hbond substituents is 1. The molecule has 0 unspecified atom stereocenters. The van der Waals surface area contributed by atoms with Gasteiger partial charge < -0.3 is 19.8 Å². The summed E-state index contributed by atoms with van der Waals surface area (Å²) in [6.45, 7) is 4.33. The van der Waals surface area contributed by atoms with Gasteiger partial charge in [0, 0.05) is 31.6 Å². The number of hydrogen-bond donors (Lipinski definition) is 1. The summed E-state index contributed by atoms with van der Waals surface area (Å²) in [4.78, 5) is 49.0. The topological polar surface area (TPSA) is 99.0 Å². The molecule has 2 aromatic heterocycles. The fourth-order valence-corrected chi connectivity index (χ4v) is 5.63. The number of piperazine rings is 1. The Bertz CT molecular complexity index is 1560. The van der Waals surface area contributed by atoms with E-state index in [0.29, 0.717) is 29.8 Å². The summed E-state index contributed by atoms with van der Waals surface area (Å²) in [5.74, 6) is -1.57. The highest BCUT2D eigenvalue weighted by Gasteiger charge is 2.44. The van der Waals surface area contributed by atoms with Crippen LogP contribution in [-0.2, 0) is 9.59 Å². The number of carbonyl (C=O) groups is 2. The molecule has 3 aromatic rings. The third kappa shape index (κ3) is 3.42. The summed E-state index contributed by atoms with van der Waals surface area (Å²) >= 11 is 6.64. The number of carbonyl (C=O) groups excluding carboxylic acids is 2. The normalized spacial score (nSPS) is 19.2. The fraction of sp³-hybridized carbons (Fsp3) is 0.308. The molecule has 190 valence electrons. The number of phenols is 1. The first-order valence-electron chi connectivity index (χ1n) is 11.9. The molecule has 0 bridgehead atoms. The Hall–Kier alpha value is -3.92. The van der Waals surface area contributed by atoms with Crippen LogP contribution in [0.15, 0.2) is 41.7 Å². The summed E-state index contributed by atoms with van der Waals surface area (Å²) in [5.41, 5.74) is 0.541. The number of halogens is 2. The largest absolute Gasteiger partial charge is 0.507 e. The Morgan fingerprint density at radius 2 is 2.00 bits per heavy atom. The van der Waals surface area contributed by atoms with Crippen LogP contribution in [0.5, 0.6) is 5.75 Å². The van der Waals surface area contributed by atoms with E-state index < -0.39 is 11.9 Å². The number of likely N-dealkylation sites (N-methyl/N-ethyl adjacent to an activating group) is 1. The number of aromatic hydroxyl groups is 1. The number of pyridine rings is 2. The summed E-state index contributed by atoms with van der Waals surface area (Å²) < 4.78 is 16.3. The van der Waals surface area contributed by atoms with Crippen LogP contribution in [0.4, 0.5) is 15.8 Å². The maximum Gasteiger partial charge on any atom is 0.278 e. The van der Waals surface area contributed by atoms with Crippen LogP contribution in [0.2, 0.25) is 5.02 Å². The first-order valence-corrected chi connectivity index (χ1v) is 12.3. The molecule has 3 aliphatic rings. The predicted octanol–water partition coefficient (Wildman–Crippen LogP) is 3.08.